The number of allylic oxidation sites excluding steroid dienone is 2. The summed E-state index contributed by atoms with van der Waals surface area (Å²) in [5.41, 5.74) is 3.48. The minimum atomic E-state index is -0.757. The third-order valence-corrected chi connectivity index (χ3v) is 4.88. The first-order valence-electron chi connectivity index (χ1n) is 8.83. The highest BCUT2D eigenvalue weighted by Crippen LogP contribution is 2.40. The first-order chi connectivity index (χ1) is 12.9. The van der Waals surface area contributed by atoms with Gasteiger partial charge in [0.05, 0.1) is 30.1 Å². The maximum atomic E-state index is 10.4. The van der Waals surface area contributed by atoms with Crippen LogP contribution in [-0.4, -0.2) is 50.3 Å². The van der Waals surface area contributed by atoms with Gasteiger partial charge in [-0.3, -0.25) is 10.7 Å². The maximum absolute atomic E-state index is 10.4. The summed E-state index contributed by atoms with van der Waals surface area (Å²) < 4.78 is 5.83. The largest absolute Gasteiger partial charge is 0.394 e. The fraction of sp³-hybridized carbons (Fsp3) is 0.500. The molecule has 1 saturated heterocycles. The molecule has 2 heterocycles. The van der Waals surface area contributed by atoms with Gasteiger partial charge in [-0.25, -0.2) is 9.97 Å². The van der Waals surface area contributed by atoms with E-state index in [9.17, 15) is 15.4 Å². The molecule has 1 aromatic rings. The Labute approximate surface area is 159 Å². The van der Waals surface area contributed by atoms with Crippen molar-refractivity contribution >= 4 is 11.4 Å². The molecule has 0 radical (unpaired) electrons. The third-order valence-electron chi connectivity index (χ3n) is 4.88. The van der Waals surface area contributed by atoms with Crippen LogP contribution in [0.15, 0.2) is 25.1 Å². The summed E-state index contributed by atoms with van der Waals surface area (Å²) in [5, 5.41) is 29.2. The van der Waals surface area contributed by atoms with E-state index in [1.807, 2.05) is 26.8 Å². The standard InChI is InChI=1S/C20H27N3O4/c1-5-6-7-8-14(17-13(2)21-12-22-19(17)23-26)9-10-16-20(3,4)18(25)15(11-24)27-16/h5,9,12,15-16,18,24-26H,1,6,10-11H2,2-4H3,(H,21,22,23)/b14-9-/t15?,16-,18?/m0/s1. The van der Waals surface area contributed by atoms with Gasteiger partial charge >= 0.3 is 0 Å². The first-order valence-corrected chi connectivity index (χ1v) is 8.83. The van der Waals surface area contributed by atoms with Crippen LogP contribution in [0.1, 0.15) is 37.9 Å². The molecule has 146 valence electrons. The van der Waals surface area contributed by atoms with Crippen LogP contribution in [-0.2, 0) is 4.74 Å². The Morgan fingerprint density at radius 1 is 1.44 bits per heavy atom. The van der Waals surface area contributed by atoms with Crippen molar-refractivity contribution < 1.29 is 20.2 Å². The molecule has 2 rings (SSSR count). The third kappa shape index (κ3) is 4.54. The minimum Gasteiger partial charge on any atom is -0.394 e. The number of ether oxygens (including phenoxy) is 1. The van der Waals surface area contributed by atoms with E-state index in [4.69, 9.17) is 4.74 Å². The van der Waals surface area contributed by atoms with Gasteiger partial charge in [-0.1, -0.05) is 37.8 Å². The maximum Gasteiger partial charge on any atom is 0.161 e. The molecular weight excluding hydrogens is 346 g/mol. The zero-order valence-corrected chi connectivity index (χ0v) is 15.9. The van der Waals surface area contributed by atoms with Gasteiger partial charge in [-0.15, -0.1) is 6.58 Å². The van der Waals surface area contributed by atoms with Crippen LogP contribution in [0.2, 0.25) is 0 Å². The van der Waals surface area contributed by atoms with Crippen molar-refractivity contribution in [1.29, 1.82) is 0 Å². The zero-order valence-electron chi connectivity index (χ0n) is 15.9. The lowest BCUT2D eigenvalue weighted by molar-refractivity contribution is -0.0208. The summed E-state index contributed by atoms with van der Waals surface area (Å²) in [4.78, 5) is 8.23. The van der Waals surface area contributed by atoms with Crippen LogP contribution >= 0.6 is 0 Å². The molecule has 1 aliphatic rings. The number of nitrogens with one attached hydrogen (secondary N) is 1. The molecule has 7 heteroatoms. The van der Waals surface area contributed by atoms with Gasteiger partial charge in [-0.05, 0) is 13.3 Å². The quantitative estimate of drug-likeness (QED) is 0.343. The van der Waals surface area contributed by atoms with Crippen molar-refractivity contribution in [3.05, 3.63) is 36.3 Å². The molecule has 0 aliphatic carbocycles. The molecule has 27 heavy (non-hydrogen) atoms. The topological polar surface area (TPSA) is 108 Å². The second kappa shape index (κ2) is 9.11. The highest BCUT2D eigenvalue weighted by Gasteiger charge is 2.48. The van der Waals surface area contributed by atoms with Gasteiger partial charge < -0.3 is 14.9 Å². The van der Waals surface area contributed by atoms with Crippen LogP contribution in [0.4, 0.5) is 5.82 Å². The van der Waals surface area contributed by atoms with Crippen LogP contribution in [0.25, 0.3) is 5.57 Å². The summed E-state index contributed by atoms with van der Waals surface area (Å²) >= 11 is 0. The van der Waals surface area contributed by atoms with Gasteiger partial charge in [0.15, 0.2) is 5.82 Å². The van der Waals surface area contributed by atoms with Crippen LogP contribution in [0.5, 0.6) is 0 Å². The Hall–Kier alpha value is -2.24. The molecule has 1 fully saturated rings. The number of hydrogen-bond acceptors (Lipinski definition) is 7. The smallest absolute Gasteiger partial charge is 0.161 e. The Morgan fingerprint density at radius 2 is 2.19 bits per heavy atom. The number of aryl methyl sites for hydroxylation is 1. The van der Waals surface area contributed by atoms with E-state index in [1.54, 1.807) is 6.08 Å². The van der Waals surface area contributed by atoms with Gasteiger partial charge in [-0.2, -0.15) is 0 Å². The molecule has 7 nitrogen and oxygen atoms in total. The monoisotopic (exact) mass is 373 g/mol. The Kier molecular flexibility index (Phi) is 7.11. The van der Waals surface area contributed by atoms with Gasteiger partial charge in [0.1, 0.15) is 12.4 Å². The van der Waals surface area contributed by atoms with Crippen LogP contribution in [0.3, 0.4) is 0 Å². The van der Waals surface area contributed by atoms with E-state index in [-0.39, 0.29) is 18.5 Å². The SMILES string of the molecule is C=CCC#C/C(=C/C[C@@H]1OC(CO)C(O)C1(C)C)c1c(C)ncnc1NO. The summed E-state index contributed by atoms with van der Waals surface area (Å²) in [5.74, 6) is 6.35. The molecule has 2 unspecified atom stereocenters. The Balaban J connectivity index is 2.39. The summed E-state index contributed by atoms with van der Waals surface area (Å²) in [6.07, 6.45) is 4.28. The van der Waals surface area contributed by atoms with E-state index in [0.29, 0.717) is 29.7 Å². The summed E-state index contributed by atoms with van der Waals surface area (Å²) in [6, 6.07) is 0. The minimum absolute atomic E-state index is 0.235. The van der Waals surface area contributed by atoms with E-state index in [1.165, 1.54) is 6.33 Å². The van der Waals surface area contributed by atoms with Crippen molar-refractivity contribution in [1.82, 2.24) is 9.97 Å². The van der Waals surface area contributed by atoms with E-state index in [0.717, 1.165) is 0 Å². The van der Waals surface area contributed by atoms with Crippen molar-refractivity contribution in [2.75, 3.05) is 12.1 Å². The molecule has 1 aromatic heterocycles. The molecule has 0 amide bonds. The van der Waals surface area contributed by atoms with E-state index < -0.39 is 17.6 Å². The lowest BCUT2D eigenvalue weighted by atomic mass is 9.80. The fourth-order valence-corrected chi connectivity index (χ4v) is 3.17. The molecule has 0 bridgehead atoms. The van der Waals surface area contributed by atoms with Crippen molar-refractivity contribution in [2.24, 2.45) is 5.41 Å². The predicted molar refractivity (Wildman–Crippen MR) is 103 cm³/mol. The van der Waals surface area contributed by atoms with Crippen molar-refractivity contribution in [3.8, 4) is 11.8 Å². The second-order valence-corrected chi connectivity index (χ2v) is 7.05. The van der Waals surface area contributed by atoms with Crippen LogP contribution in [0, 0.1) is 24.2 Å². The first kappa shape index (κ1) is 21.1. The number of rotatable bonds is 6. The number of nitrogens with zero attached hydrogens (tertiary/aromatic N) is 2. The summed E-state index contributed by atoms with van der Waals surface area (Å²) in [7, 11) is 0. The molecule has 0 saturated carbocycles. The molecule has 0 spiro atoms. The Bertz CT molecular complexity index is 764. The van der Waals surface area contributed by atoms with Crippen molar-refractivity contribution in [2.45, 2.75) is 51.9 Å². The number of aliphatic hydroxyl groups is 2. The number of hydrogen-bond donors (Lipinski definition) is 4. The highest BCUT2D eigenvalue weighted by molar-refractivity contribution is 5.85. The van der Waals surface area contributed by atoms with Crippen LogP contribution < -0.4 is 5.48 Å². The average molecular weight is 373 g/mol. The molecule has 4 N–H and O–H groups in total. The zero-order chi connectivity index (χ0) is 20.0. The Morgan fingerprint density at radius 3 is 2.78 bits per heavy atom. The van der Waals surface area contributed by atoms with Gasteiger partial charge in [0.25, 0.3) is 0 Å². The summed E-state index contributed by atoms with van der Waals surface area (Å²) in [6.45, 7) is 9.06. The van der Waals surface area contributed by atoms with Gasteiger partial charge in [0, 0.05) is 17.4 Å². The molecular formula is C20H27N3O4. The predicted octanol–water partition coefficient (Wildman–Crippen LogP) is 2.09. The molecule has 3 atom stereocenters. The van der Waals surface area contributed by atoms with E-state index in [2.05, 4.69) is 33.9 Å². The molecule has 0 aromatic carbocycles. The number of anilines is 1. The average Bonchev–Trinajstić information content (AvgIpc) is 2.87. The number of aliphatic hydroxyl groups excluding tert-OH is 2. The fourth-order valence-electron chi connectivity index (χ4n) is 3.17. The van der Waals surface area contributed by atoms with E-state index >= 15 is 0 Å². The normalized spacial score (nSPS) is 24.2. The molecule has 1 aliphatic heterocycles. The van der Waals surface area contributed by atoms with Gasteiger partial charge in [0.2, 0.25) is 0 Å². The lowest BCUT2D eigenvalue weighted by Crippen LogP contribution is -2.36. The number of aromatic nitrogens is 2. The highest BCUT2D eigenvalue weighted by atomic mass is 16.5. The second-order valence-electron chi connectivity index (χ2n) is 7.05. The lowest BCUT2D eigenvalue weighted by Gasteiger charge is -2.27. The van der Waals surface area contributed by atoms with Crippen molar-refractivity contribution in [3.63, 3.8) is 0 Å².